The van der Waals surface area contributed by atoms with E-state index in [0.29, 0.717) is 12.8 Å². The van der Waals surface area contributed by atoms with Crippen LogP contribution in [0.5, 0.6) is 0 Å². The second kappa shape index (κ2) is 5.85. The van der Waals surface area contributed by atoms with Gasteiger partial charge < -0.3 is 5.32 Å². The molecular weight excluding hydrogens is 373 g/mol. The lowest BCUT2D eigenvalue weighted by Crippen LogP contribution is -2.32. The molecule has 0 saturated heterocycles. The minimum atomic E-state index is -4.07. The fourth-order valence-electron chi connectivity index (χ4n) is 2.39. The molecule has 0 atom stereocenters. The molecule has 0 aliphatic heterocycles. The van der Waals surface area contributed by atoms with Crippen molar-refractivity contribution in [2.24, 2.45) is 5.92 Å². The fraction of sp³-hybridized carbons (Fsp3) is 0.538. The Kier molecular flexibility index (Phi) is 4.58. The van der Waals surface area contributed by atoms with Crippen molar-refractivity contribution in [1.29, 1.82) is 0 Å². The van der Waals surface area contributed by atoms with Gasteiger partial charge >= 0.3 is 6.18 Å². The molecule has 6 heteroatoms. The molecule has 1 fully saturated rings. The molecule has 19 heavy (non-hydrogen) atoms. The highest BCUT2D eigenvalue weighted by atomic mass is 127. The van der Waals surface area contributed by atoms with Crippen molar-refractivity contribution in [2.75, 3.05) is 5.32 Å². The van der Waals surface area contributed by atoms with E-state index in [1.54, 1.807) is 6.07 Å². The summed E-state index contributed by atoms with van der Waals surface area (Å²) < 4.78 is 51.3. The molecule has 1 aromatic carbocycles. The zero-order valence-corrected chi connectivity index (χ0v) is 12.3. The number of hydrogen-bond donors (Lipinski definition) is 1. The van der Waals surface area contributed by atoms with E-state index in [1.165, 1.54) is 12.1 Å². The topological polar surface area (TPSA) is 12.0 Å². The highest BCUT2D eigenvalue weighted by molar-refractivity contribution is 14.1. The zero-order valence-electron chi connectivity index (χ0n) is 10.1. The summed E-state index contributed by atoms with van der Waals surface area (Å²) in [6.07, 6.45) is -2.75. The van der Waals surface area contributed by atoms with E-state index in [-0.39, 0.29) is 24.7 Å². The summed E-state index contributed by atoms with van der Waals surface area (Å²) in [6, 6.07) is 4.43. The fourth-order valence-corrected chi connectivity index (χ4v) is 3.02. The Morgan fingerprint density at radius 2 is 1.74 bits per heavy atom. The average Bonchev–Trinajstić information content (AvgIpc) is 2.32. The maximum atomic E-state index is 13.0. The molecule has 0 spiro atoms. The minimum absolute atomic E-state index is 0.0394. The maximum Gasteiger partial charge on any atom is 0.391 e. The van der Waals surface area contributed by atoms with Gasteiger partial charge in [-0.25, -0.2) is 4.39 Å². The van der Waals surface area contributed by atoms with Crippen LogP contribution in [0.1, 0.15) is 25.7 Å². The predicted molar refractivity (Wildman–Crippen MR) is 74.5 cm³/mol. The number of hydrogen-bond acceptors (Lipinski definition) is 1. The zero-order chi connectivity index (χ0) is 14.0. The van der Waals surface area contributed by atoms with Crippen molar-refractivity contribution in [2.45, 2.75) is 37.9 Å². The Morgan fingerprint density at radius 3 is 2.26 bits per heavy atom. The van der Waals surface area contributed by atoms with Gasteiger partial charge in [0.15, 0.2) is 0 Å². The molecule has 1 aliphatic carbocycles. The third-order valence-electron chi connectivity index (χ3n) is 3.48. The summed E-state index contributed by atoms with van der Waals surface area (Å²) in [7, 11) is 0. The second-order valence-corrected chi connectivity index (χ2v) is 6.02. The monoisotopic (exact) mass is 387 g/mol. The van der Waals surface area contributed by atoms with Crippen molar-refractivity contribution in [1.82, 2.24) is 0 Å². The van der Waals surface area contributed by atoms with E-state index >= 15 is 0 Å². The van der Waals surface area contributed by atoms with E-state index in [2.05, 4.69) is 5.32 Å². The molecule has 1 saturated carbocycles. The normalized spacial score (nSPS) is 24.3. The van der Waals surface area contributed by atoms with Crippen LogP contribution in [0.15, 0.2) is 18.2 Å². The van der Waals surface area contributed by atoms with Crippen LogP contribution in [-0.4, -0.2) is 12.2 Å². The van der Waals surface area contributed by atoms with E-state index in [1.807, 2.05) is 22.6 Å². The van der Waals surface area contributed by atoms with Crippen LogP contribution < -0.4 is 5.32 Å². The molecule has 2 rings (SSSR count). The summed E-state index contributed by atoms with van der Waals surface area (Å²) in [6.45, 7) is 0. The van der Waals surface area contributed by atoms with Gasteiger partial charge in [0.05, 0.1) is 5.92 Å². The largest absolute Gasteiger partial charge is 0.391 e. The highest BCUT2D eigenvalue weighted by Crippen LogP contribution is 2.38. The third-order valence-corrected chi connectivity index (χ3v) is 4.37. The molecule has 1 nitrogen and oxygen atoms in total. The summed E-state index contributed by atoms with van der Waals surface area (Å²) >= 11 is 2.02. The minimum Gasteiger partial charge on any atom is -0.381 e. The standard InChI is InChI=1S/C13H14F4IN/c14-9-3-6-12(11(18)7-9)19-10-4-1-8(2-5-10)13(15,16)17/h3,6-8,10,19H,1-2,4-5H2. The third kappa shape index (κ3) is 3.97. The van der Waals surface area contributed by atoms with Crippen LogP contribution in [0.3, 0.4) is 0 Å². The van der Waals surface area contributed by atoms with Crippen molar-refractivity contribution in [3.63, 3.8) is 0 Å². The number of anilines is 1. The maximum absolute atomic E-state index is 13.0. The lowest BCUT2D eigenvalue weighted by Gasteiger charge is -2.31. The first-order valence-corrected chi connectivity index (χ1v) is 7.22. The van der Waals surface area contributed by atoms with Crippen LogP contribution in [0.2, 0.25) is 0 Å². The molecule has 106 valence electrons. The first kappa shape index (κ1) is 14.9. The molecular formula is C13H14F4IN. The van der Waals surface area contributed by atoms with Gasteiger partial charge in [0.2, 0.25) is 0 Å². The Balaban J connectivity index is 1.92. The van der Waals surface area contributed by atoms with Gasteiger partial charge in [-0.05, 0) is 66.5 Å². The Bertz CT molecular complexity index is 439. The van der Waals surface area contributed by atoms with Gasteiger partial charge in [0, 0.05) is 15.3 Å². The first-order chi connectivity index (χ1) is 8.86. The molecule has 0 radical (unpaired) electrons. The smallest absolute Gasteiger partial charge is 0.381 e. The van der Waals surface area contributed by atoms with Crippen LogP contribution >= 0.6 is 22.6 Å². The van der Waals surface area contributed by atoms with Crippen LogP contribution in [0.4, 0.5) is 23.2 Å². The van der Waals surface area contributed by atoms with Crippen molar-refractivity contribution in [3.05, 3.63) is 27.6 Å². The highest BCUT2D eigenvalue weighted by Gasteiger charge is 2.41. The summed E-state index contributed by atoms with van der Waals surface area (Å²) in [4.78, 5) is 0. The summed E-state index contributed by atoms with van der Waals surface area (Å²) in [5.41, 5.74) is 0.789. The second-order valence-electron chi connectivity index (χ2n) is 4.86. The van der Waals surface area contributed by atoms with E-state index in [9.17, 15) is 17.6 Å². The van der Waals surface area contributed by atoms with Gasteiger partial charge in [-0.15, -0.1) is 0 Å². The number of benzene rings is 1. The Hall–Kier alpha value is -0.530. The van der Waals surface area contributed by atoms with Gasteiger partial charge in [-0.3, -0.25) is 0 Å². The van der Waals surface area contributed by atoms with Crippen molar-refractivity contribution < 1.29 is 17.6 Å². The predicted octanol–water partition coefficient (Wildman–Crippen LogP) is 4.96. The SMILES string of the molecule is Fc1ccc(NC2CCC(C(F)(F)F)CC2)c(I)c1. The number of nitrogens with one attached hydrogen (secondary N) is 1. The van der Waals surface area contributed by atoms with Gasteiger partial charge in [0.1, 0.15) is 5.82 Å². The summed E-state index contributed by atoms with van der Waals surface area (Å²) in [5.74, 6) is -1.48. The summed E-state index contributed by atoms with van der Waals surface area (Å²) in [5, 5.41) is 3.21. The molecule has 1 aliphatic rings. The van der Waals surface area contributed by atoms with Crippen LogP contribution in [0, 0.1) is 15.3 Å². The number of halogens is 5. The quantitative estimate of drug-likeness (QED) is 0.559. The molecule has 1 N–H and O–H groups in total. The molecule has 0 unspecified atom stereocenters. The van der Waals surface area contributed by atoms with Crippen LogP contribution in [-0.2, 0) is 0 Å². The average molecular weight is 387 g/mol. The first-order valence-electron chi connectivity index (χ1n) is 6.14. The van der Waals surface area contributed by atoms with Gasteiger partial charge in [-0.1, -0.05) is 0 Å². The van der Waals surface area contributed by atoms with Gasteiger partial charge in [0.25, 0.3) is 0 Å². The Labute approximate surface area is 122 Å². The molecule has 0 aromatic heterocycles. The van der Waals surface area contributed by atoms with E-state index < -0.39 is 12.1 Å². The van der Waals surface area contributed by atoms with Gasteiger partial charge in [-0.2, -0.15) is 13.2 Å². The number of rotatable bonds is 2. The van der Waals surface area contributed by atoms with E-state index in [4.69, 9.17) is 0 Å². The molecule has 0 heterocycles. The lowest BCUT2D eigenvalue weighted by atomic mass is 9.85. The molecule has 0 bridgehead atoms. The van der Waals surface area contributed by atoms with Crippen molar-refractivity contribution in [3.8, 4) is 0 Å². The van der Waals surface area contributed by atoms with E-state index in [0.717, 1.165) is 9.26 Å². The van der Waals surface area contributed by atoms with Crippen molar-refractivity contribution >= 4 is 28.3 Å². The molecule has 1 aromatic rings. The Morgan fingerprint density at radius 1 is 1.11 bits per heavy atom. The molecule has 0 amide bonds. The van der Waals surface area contributed by atoms with Crippen LogP contribution in [0.25, 0.3) is 0 Å². The number of alkyl halides is 3. The lowest BCUT2D eigenvalue weighted by molar-refractivity contribution is -0.182.